The molecule has 1 heterocycles. The van der Waals surface area contributed by atoms with Gasteiger partial charge >= 0.3 is 0 Å². The minimum absolute atomic E-state index is 0.164. The van der Waals surface area contributed by atoms with Gasteiger partial charge in [-0.05, 0) is 13.3 Å². The molecule has 0 bridgehead atoms. The number of aromatic amines is 1. The van der Waals surface area contributed by atoms with Crippen LogP contribution in [0.3, 0.4) is 0 Å². The molecule has 0 aromatic carbocycles. The maximum Gasteiger partial charge on any atom is 0.266 e. The average Bonchev–Trinajstić information content (AvgIpc) is 2.24. The lowest BCUT2D eigenvalue weighted by Crippen LogP contribution is -2.17. The number of unbranched alkanes of at least 4 members (excludes halogenated alkanes) is 3. The molecular formula is C12H21N3O. The quantitative estimate of drug-likeness (QED) is 0.698. The van der Waals surface area contributed by atoms with Gasteiger partial charge in [0.05, 0.1) is 11.9 Å². The summed E-state index contributed by atoms with van der Waals surface area (Å²) in [6.07, 6.45) is 7.87. The second-order valence-electron chi connectivity index (χ2n) is 4.23. The second-order valence-corrected chi connectivity index (χ2v) is 4.23. The zero-order valence-corrected chi connectivity index (χ0v) is 10.1. The van der Waals surface area contributed by atoms with E-state index in [1.165, 1.54) is 31.7 Å². The van der Waals surface area contributed by atoms with Gasteiger partial charge < -0.3 is 5.32 Å². The van der Waals surface area contributed by atoms with Crippen molar-refractivity contribution in [3.8, 4) is 0 Å². The molecule has 0 saturated heterocycles. The lowest BCUT2D eigenvalue weighted by Gasteiger charge is -2.14. The van der Waals surface area contributed by atoms with Gasteiger partial charge in [-0.1, -0.05) is 32.6 Å². The highest BCUT2D eigenvalue weighted by molar-refractivity contribution is 5.39. The molecule has 90 valence electrons. The minimum Gasteiger partial charge on any atom is -0.381 e. The topological polar surface area (TPSA) is 57.8 Å². The van der Waals surface area contributed by atoms with Crippen LogP contribution in [0.4, 0.5) is 5.69 Å². The van der Waals surface area contributed by atoms with Crippen molar-refractivity contribution in [2.45, 2.75) is 52.0 Å². The first-order chi connectivity index (χ1) is 7.72. The van der Waals surface area contributed by atoms with Gasteiger partial charge in [-0.15, -0.1) is 0 Å². The van der Waals surface area contributed by atoms with Gasteiger partial charge in [0.25, 0.3) is 5.56 Å². The molecule has 4 nitrogen and oxygen atoms in total. The Morgan fingerprint density at radius 2 is 2.25 bits per heavy atom. The van der Waals surface area contributed by atoms with Crippen molar-refractivity contribution in [1.29, 1.82) is 0 Å². The van der Waals surface area contributed by atoms with Crippen molar-refractivity contribution in [2.75, 3.05) is 5.32 Å². The van der Waals surface area contributed by atoms with Gasteiger partial charge in [0.15, 0.2) is 0 Å². The average molecular weight is 223 g/mol. The monoisotopic (exact) mass is 223 g/mol. The summed E-state index contributed by atoms with van der Waals surface area (Å²) in [6.45, 7) is 4.34. The third-order valence-electron chi connectivity index (χ3n) is 2.57. The zero-order valence-electron chi connectivity index (χ0n) is 10.1. The molecule has 1 unspecified atom stereocenters. The fourth-order valence-electron chi connectivity index (χ4n) is 1.69. The first kappa shape index (κ1) is 12.7. The lowest BCUT2D eigenvalue weighted by atomic mass is 10.1. The van der Waals surface area contributed by atoms with E-state index in [-0.39, 0.29) is 5.56 Å². The highest BCUT2D eigenvalue weighted by Crippen LogP contribution is 2.09. The van der Waals surface area contributed by atoms with Crippen LogP contribution in [0.5, 0.6) is 0 Å². The van der Waals surface area contributed by atoms with Crippen LogP contribution in [0.2, 0.25) is 0 Å². The number of anilines is 1. The summed E-state index contributed by atoms with van der Waals surface area (Å²) in [5, 5.41) is 9.38. The molecule has 16 heavy (non-hydrogen) atoms. The molecule has 0 aliphatic rings. The zero-order chi connectivity index (χ0) is 11.8. The predicted octanol–water partition coefficient (Wildman–Crippen LogP) is 2.54. The molecule has 0 amide bonds. The first-order valence-corrected chi connectivity index (χ1v) is 6.03. The first-order valence-electron chi connectivity index (χ1n) is 6.03. The van der Waals surface area contributed by atoms with Crippen molar-refractivity contribution in [2.24, 2.45) is 0 Å². The van der Waals surface area contributed by atoms with Crippen LogP contribution in [-0.2, 0) is 0 Å². The fraction of sp³-hybridized carbons (Fsp3) is 0.667. The molecule has 0 aliphatic carbocycles. The molecule has 1 aromatic heterocycles. The maximum atomic E-state index is 11.0. The van der Waals surface area contributed by atoms with Crippen molar-refractivity contribution < 1.29 is 0 Å². The van der Waals surface area contributed by atoms with Gasteiger partial charge in [-0.2, -0.15) is 5.10 Å². The molecule has 1 aromatic rings. The summed E-state index contributed by atoms with van der Waals surface area (Å²) in [5.74, 6) is 0. The van der Waals surface area contributed by atoms with Gasteiger partial charge in [0, 0.05) is 12.1 Å². The summed E-state index contributed by atoms with van der Waals surface area (Å²) in [5.41, 5.74) is 0.634. The van der Waals surface area contributed by atoms with E-state index in [2.05, 4.69) is 29.4 Å². The molecule has 4 heteroatoms. The summed E-state index contributed by atoms with van der Waals surface area (Å²) >= 11 is 0. The van der Waals surface area contributed by atoms with E-state index in [4.69, 9.17) is 0 Å². The Balaban J connectivity index is 2.28. The Labute approximate surface area is 96.5 Å². The Morgan fingerprint density at radius 1 is 1.44 bits per heavy atom. The van der Waals surface area contributed by atoms with Crippen molar-refractivity contribution >= 4 is 5.69 Å². The number of rotatable bonds is 7. The molecule has 2 N–H and O–H groups in total. The van der Waals surface area contributed by atoms with Crippen LogP contribution in [0, 0.1) is 0 Å². The molecule has 1 atom stereocenters. The Hall–Kier alpha value is -1.32. The van der Waals surface area contributed by atoms with Crippen LogP contribution in [-0.4, -0.2) is 16.2 Å². The number of H-pyrrole nitrogens is 1. The smallest absolute Gasteiger partial charge is 0.266 e. The van der Waals surface area contributed by atoms with Gasteiger partial charge in [-0.3, -0.25) is 4.79 Å². The minimum atomic E-state index is -0.164. The molecule has 0 aliphatic heterocycles. The van der Waals surface area contributed by atoms with Crippen LogP contribution in [0.15, 0.2) is 17.1 Å². The number of hydrogen-bond acceptors (Lipinski definition) is 3. The summed E-state index contributed by atoms with van der Waals surface area (Å²) in [6, 6.07) is 1.93. The van der Waals surface area contributed by atoms with Crippen molar-refractivity contribution in [1.82, 2.24) is 10.2 Å². The van der Waals surface area contributed by atoms with E-state index in [1.54, 1.807) is 6.20 Å². The largest absolute Gasteiger partial charge is 0.381 e. The Morgan fingerprint density at radius 3 is 2.94 bits per heavy atom. The van der Waals surface area contributed by atoms with Gasteiger partial charge in [0.1, 0.15) is 0 Å². The number of hydrogen-bond donors (Lipinski definition) is 2. The van der Waals surface area contributed by atoms with Crippen molar-refractivity contribution in [3.63, 3.8) is 0 Å². The standard InChI is InChI=1S/C12H21N3O/c1-3-4-5-6-7-10(2)14-11-8-12(16)15-13-9-11/h8-10H,3-7H2,1-2H3,(H2,14,15,16). The number of nitrogens with zero attached hydrogens (tertiary/aromatic N) is 1. The Kier molecular flexibility index (Phi) is 5.61. The molecule has 0 saturated carbocycles. The number of nitrogens with one attached hydrogen (secondary N) is 2. The van der Waals surface area contributed by atoms with E-state index < -0.39 is 0 Å². The van der Waals surface area contributed by atoms with Crippen LogP contribution in [0.1, 0.15) is 46.0 Å². The van der Waals surface area contributed by atoms with Gasteiger partial charge in [-0.25, -0.2) is 5.10 Å². The highest BCUT2D eigenvalue weighted by Gasteiger charge is 2.02. The third-order valence-corrected chi connectivity index (χ3v) is 2.57. The van der Waals surface area contributed by atoms with Crippen LogP contribution >= 0.6 is 0 Å². The van der Waals surface area contributed by atoms with Crippen LogP contribution < -0.4 is 10.9 Å². The van der Waals surface area contributed by atoms with E-state index in [0.717, 1.165) is 12.1 Å². The van der Waals surface area contributed by atoms with E-state index in [9.17, 15) is 4.79 Å². The molecule has 1 rings (SSSR count). The van der Waals surface area contributed by atoms with E-state index in [1.807, 2.05) is 0 Å². The molecule has 0 radical (unpaired) electrons. The molecule has 0 spiro atoms. The highest BCUT2D eigenvalue weighted by atomic mass is 16.1. The Bertz CT molecular complexity index is 348. The fourth-order valence-corrected chi connectivity index (χ4v) is 1.69. The van der Waals surface area contributed by atoms with E-state index in [0.29, 0.717) is 6.04 Å². The summed E-state index contributed by atoms with van der Waals surface area (Å²) in [7, 11) is 0. The third kappa shape index (κ3) is 4.96. The molecular weight excluding hydrogens is 202 g/mol. The maximum absolute atomic E-state index is 11.0. The molecule has 0 fully saturated rings. The summed E-state index contributed by atoms with van der Waals surface area (Å²) < 4.78 is 0. The normalized spacial score (nSPS) is 12.4. The van der Waals surface area contributed by atoms with E-state index >= 15 is 0 Å². The number of aromatic nitrogens is 2. The SMILES string of the molecule is CCCCCCC(C)Nc1cn[nH]c(=O)c1. The summed E-state index contributed by atoms with van der Waals surface area (Å²) in [4.78, 5) is 11.0. The predicted molar refractivity (Wildman–Crippen MR) is 66.7 cm³/mol. The van der Waals surface area contributed by atoms with Crippen LogP contribution in [0.25, 0.3) is 0 Å². The second kappa shape index (κ2) is 7.04. The van der Waals surface area contributed by atoms with Gasteiger partial charge in [0.2, 0.25) is 0 Å². The van der Waals surface area contributed by atoms with Crippen molar-refractivity contribution in [3.05, 3.63) is 22.6 Å². The lowest BCUT2D eigenvalue weighted by molar-refractivity contribution is 0.593.